The molecule has 2 aromatic rings. The highest BCUT2D eigenvalue weighted by atomic mass is 19.4. The topological polar surface area (TPSA) is 9.23 Å². The van der Waals surface area contributed by atoms with Gasteiger partial charge in [-0.05, 0) is 54.0 Å². The van der Waals surface area contributed by atoms with E-state index in [0.717, 1.165) is 37.1 Å². The van der Waals surface area contributed by atoms with Crippen molar-refractivity contribution in [1.29, 1.82) is 0 Å². The van der Waals surface area contributed by atoms with Crippen molar-refractivity contribution >= 4 is 0 Å². The Kier molecular flexibility index (Phi) is 5.40. The fourth-order valence-corrected chi connectivity index (χ4v) is 3.70. The molecule has 0 N–H and O–H groups in total. The number of alkyl halides is 3. The maximum Gasteiger partial charge on any atom is 0.573 e. The number of halogens is 6. The fourth-order valence-electron chi connectivity index (χ4n) is 3.70. The number of hydrogen-bond acceptors (Lipinski definition) is 1. The lowest BCUT2D eigenvalue weighted by atomic mass is 9.80. The van der Waals surface area contributed by atoms with E-state index in [1.54, 1.807) is 0 Å². The number of ether oxygens (including phenoxy) is 1. The zero-order valence-electron chi connectivity index (χ0n) is 14.6. The van der Waals surface area contributed by atoms with E-state index in [9.17, 15) is 26.3 Å². The summed E-state index contributed by atoms with van der Waals surface area (Å²) in [6.07, 6.45) is -1.79. The lowest BCUT2D eigenvalue weighted by Gasteiger charge is -2.26. The van der Waals surface area contributed by atoms with Gasteiger partial charge in [0.05, 0.1) is 5.56 Å². The maximum absolute atomic E-state index is 14.9. The van der Waals surface area contributed by atoms with Gasteiger partial charge in [0.25, 0.3) is 0 Å². The van der Waals surface area contributed by atoms with E-state index in [-0.39, 0.29) is 22.6 Å². The van der Waals surface area contributed by atoms with Gasteiger partial charge in [-0.1, -0.05) is 31.9 Å². The molecular formula is C20H18F6O. The molecule has 0 amide bonds. The van der Waals surface area contributed by atoms with Crippen molar-refractivity contribution in [2.75, 3.05) is 0 Å². The van der Waals surface area contributed by atoms with Crippen molar-refractivity contribution in [2.24, 2.45) is 5.92 Å². The van der Waals surface area contributed by atoms with E-state index in [1.807, 2.05) is 6.92 Å². The lowest BCUT2D eigenvalue weighted by Crippen LogP contribution is -2.19. The van der Waals surface area contributed by atoms with Crippen molar-refractivity contribution in [3.63, 3.8) is 0 Å². The van der Waals surface area contributed by atoms with Crippen LogP contribution < -0.4 is 4.74 Å². The van der Waals surface area contributed by atoms with Crippen LogP contribution in [-0.4, -0.2) is 6.36 Å². The van der Waals surface area contributed by atoms with Crippen molar-refractivity contribution in [3.05, 3.63) is 52.8 Å². The second kappa shape index (κ2) is 7.44. The van der Waals surface area contributed by atoms with Gasteiger partial charge in [-0.25, -0.2) is 13.2 Å². The Morgan fingerprint density at radius 2 is 1.63 bits per heavy atom. The Labute approximate surface area is 153 Å². The van der Waals surface area contributed by atoms with Crippen LogP contribution in [0.2, 0.25) is 0 Å². The van der Waals surface area contributed by atoms with Gasteiger partial charge < -0.3 is 4.74 Å². The Balaban J connectivity index is 1.99. The Morgan fingerprint density at radius 3 is 2.22 bits per heavy atom. The van der Waals surface area contributed by atoms with Crippen LogP contribution >= 0.6 is 0 Å². The van der Waals surface area contributed by atoms with Gasteiger partial charge in [0.15, 0.2) is 11.6 Å². The number of rotatable bonds is 4. The van der Waals surface area contributed by atoms with Gasteiger partial charge in [-0.15, -0.1) is 13.2 Å². The molecule has 0 heterocycles. The number of benzene rings is 2. The summed E-state index contributed by atoms with van der Waals surface area (Å²) >= 11 is 0. The molecule has 1 nitrogen and oxygen atoms in total. The van der Waals surface area contributed by atoms with Crippen LogP contribution in [0.3, 0.4) is 0 Å². The second-order valence-corrected chi connectivity index (χ2v) is 6.74. The zero-order valence-corrected chi connectivity index (χ0v) is 14.6. The molecule has 1 aliphatic rings. The summed E-state index contributed by atoms with van der Waals surface area (Å²) in [5, 5.41) is 0. The molecule has 27 heavy (non-hydrogen) atoms. The summed E-state index contributed by atoms with van der Waals surface area (Å²) in [6.45, 7) is 2.00. The van der Waals surface area contributed by atoms with Gasteiger partial charge in [-0.3, -0.25) is 0 Å². The van der Waals surface area contributed by atoms with E-state index in [4.69, 9.17) is 0 Å². The smallest absolute Gasteiger partial charge is 0.406 e. The van der Waals surface area contributed by atoms with Crippen LogP contribution in [0.15, 0.2) is 24.3 Å². The fraction of sp³-hybridized carbons (Fsp3) is 0.400. The Bertz CT molecular complexity index is 826. The molecule has 146 valence electrons. The summed E-state index contributed by atoms with van der Waals surface area (Å²) in [7, 11) is 0. The molecule has 0 radical (unpaired) electrons. The summed E-state index contributed by atoms with van der Waals surface area (Å²) in [4.78, 5) is 0. The quantitative estimate of drug-likeness (QED) is 0.425. The third-order valence-electron chi connectivity index (χ3n) is 4.89. The Hall–Kier alpha value is -2.18. The minimum atomic E-state index is -4.87. The number of hydrogen-bond donors (Lipinski definition) is 0. The Morgan fingerprint density at radius 1 is 0.963 bits per heavy atom. The first-order chi connectivity index (χ1) is 12.7. The average Bonchev–Trinajstić information content (AvgIpc) is 2.60. The van der Waals surface area contributed by atoms with Crippen LogP contribution in [0.5, 0.6) is 5.75 Å². The standard InChI is InChI=1S/C20H18F6O/c1-2-3-11-4-9-14-15(10-11)18(22)19(23)16(17(14)21)12-5-7-13(8-6-12)27-20(24,25)26/h5-8,11H,2-4,9-10H2,1H3. The van der Waals surface area contributed by atoms with Gasteiger partial charge in [0, 0.05) is 0 Å². The highest BCUT2D eigenvalue weighted by Gasteiger charge is 2.32. The van der Waals surface area contributed by atoms with E-state index in [2.05, 4.69) is 4.74 Å². The molecule has 1 atom stereocenters. The van der Waals surface area contributed by atoms with Crippen LogP contribution in [0.25, 0.3) is 11.1 Å². The van der Waals surface area contributed by atoms with Crippen LogP contribution in [0.4, 0.5) is 26.3 Å². The second-order valence-electron chi connectivity index (χ2n) is 6.74. The molecule has 0 aromatic heterocycles. The average molecular weight is 388 g/mol. The predicted molar refractivity (Wildman–Crippen MR) is 88.9 cm³/mol. The SMILES string of the molecule is CCCC1CCc2c(F)c(-c3ccc(OC(F)(F)F)cc3)c(F)c(F)c2C1. The van der Waals surface area contributed by atoms with Crippen molar-refractivity contribution in [2.45, 2.75) is 45.4 Å². The predicted octanol–water partition coefficient (Wildman–Crippen LogP) is 6.57. The third kappa shape index (κ3) is 4.06. The molecule has 1 aliphatic carbocycles. The van der Waals surface area contributed by atoms with Crippen molar-refractivity contribution in [1.82, 2.24) is 0 Å². The molecule has 1 unspecified atom stereocenters. The van der Waals surface area contributed by atoms with Gasteiger partial charge in [-0.2, -0.15) is 0 Å². The van der Waals surface area contributed by atoms with Gasteiger partial charge in [0.1, 0.15) is 11.6 Å². The third-order valence-corrected chi connectivity index (χ3v) is 4.89. The maximum atomic E-state index is 14.9. The molecule has 0 saturated carbocycles. The zero-order chi connectivity index (χ0) is 19.8. The van der Waals surface area contributed by atoms with E-state index in [1.165, 1.54) is 0 Å². The van der Waals surface area contributed by atoms with Crippen LogP contribution in [-0.2, 0) is 12.8 Å². The first-order valence-electron chi connectivity index (χ1n) is 8.75. The summed E-state index contributed by atoms with van der Waals surface area (Å²) < 4.78 is 84.6. The van der Waals surface area contributed by atoms with Crippen LogP contribution in [0.1, 0.15) is 37.3 Å². The minimum absolute atomic E-state index is 0.0445. The summed E-state index contributed by atoms with van der Waals surface area (Å²) in [6, 6.07) is 4.04. The van der Waals surface area contributed by atoms with E-state index in [0.29, 0.717) is 19.3 Å². The summed E-state index contributed by atoms with van der Waals surface area (Å²) in [5.74, 6) is -3.55. The van der Waals surface area contributed by atoms with Crippen LogP contribution in [0, 0.1) is 23.4 Å². The lowest BCUT2D eigenvalue weighted by molar-refractivity contribution is -0.274. The van der Waals surface area contributed by atoms with Gasteiger partial charge in [0.2, 0.25) is 0 Å². The molecular weight excluding hydrogens is 370 g/mol. The molecule has 0 saturated heterocycles. The normalized spacial score (nSPS) is 16.9. The van der Waals surface area contributed by atoms with E-state index < -0.39 is 35.1 Å². The highest BCUT2D eigenvalue weighted by Crippen LogP contribution is 2.39. The first kappa shape index (κ1) is 19.6. The molecule has 0 fully saturated rings. The first-order valence-corrected chi connectivity index (χ1v) is 8.75. The minimum Gasteiger partial charge on any atom is -0.406 e. The molecule has 3 rings (SSSR count). The highest BCUT2D eigenvalue weighted by molar-refractivity contribution is 5.68. The van der Waals surface area contributed by atoms with Gasteiger partial charge >= 0.3 is 6.36 Å². The molecule has 2 aromatic carbocycles. The largest absolute Gasteiger partial charge is 0.573 e. The number of fused-ring (bicyclic) bond motifs is 1. The van der Waals surface area contributed by atoms with Crippen molar-refractivity contribution < 1.29 is 31.1 Å². The summed E-state index contributed by atoms with van der Waals surface area (Å²) in [5.41, 5.74) is -0.363. The van der Waals surface area contributed by atoms with E-state index >= 15 is 0 Å². The molecule has 0 bridgehead atoms. The van der Waals surface area contributed by atoms with Crippen molar-refractivity contribution in [3.8, 4) is 16.9 Å². The molecule has 0 spiro atoms. The molecule has 0 aliphatic heterocycles. The monoisotopic (exact) mass is 388 g/mol. The molecule has 7 heteroatoms.